The Balaban J connectivity index is 1.33. The molecule has 0 saturated carbocycles. The lowest BCUT2D eigenvalue weighted by atomic mass is 10.0. The van der Waals surface area contributed by atoms with Gasteiger partial charge in [-0.3, -0.25) is 14.5 Å². The summed E-state index contributed by atoms with van der Waals surface area (Å²) in [5.41, 5.74) is 8.05. The molecular formula is C25H26N7O5S4+. The number of pyridine rings is 1. The second kappa shape index (κ2) is 12.2. The summed E-state index contributed by atoms with van der Waals surface area (Å²) in [5.74, 6) is -2.02. The zero-order chi connectivity index (χ0) is 29.3. The highest BCUT2D eigenvalue weighted by Gasteiger charge is 2.54. The Bertz CT molecular complexity index is 1570. The minimum atomic E-state index is -1.20. The smallest absolute Gasteiger partial charge is 0.352 e. The lowest BCUT2D eigenvalue weighted by Gasteiger charge is -2.49. The summed E-state index contributed by atoms with van der Waals surface area (Å²) in [6, 6.07) is 2.92. The molecule has 5 heterocycles. The molecule has 12 nitrogen and oxygen atoms in total. The van der Waals surface area contributed by atoms with Crippen LogP contribution in [0.4, 0.5) is 5.13 Å². The number of aromatic nitrogens is 3. The maximum atomic E-state index is 13.2. The van der Waals surface area contributed by atoms with Crippen LogP contribution in [0, 0.1) is 0 Å². The number of carboxylic acid groups (broad SMARTS) is 1. The summed E-state index contributed by atoms with van der Waals surface area (Å²) in [5, 5.41) is 20.2. The number of fused-ring (bicyclic) bond motifs is 1. The van der Waals surface area contributed by atoms with Gasteiger partial charge in [0.1, 0.15) is 29.9 Å². The molecule has 0 radical (unpaired) electrons. The van der Waals surface area contributed by atoms with E-state index >= 15 is 0 Å². The van der Waals surface area contributed by atoms with E-state index in [0.29, 0.717) is 16.6 Å². The number of hydrogen-bond acceptors (Lipinski definition) is 12. The van der Waals surface area contributed by atoms with E-state index in [1.54, 1.807) is 28.5 Å². The Morgan fingerprint density at radius 2 is 2.15 bits per heavy atom. The highest BCUT2D eigenvalue weighted by atomic mass is 32.2. The van der Waals surface area contributed by atoms with Gasteiger partial charge < -0.3 is 21.0 Å². The lowest BCUT2D eigenvalue weighted by molar-refractivity contribution is -0.688. The molecule has 2 amide bonds. The summed E-state index contributed by atoms with van der Waals surface area (Å²) in [6.45, 7) is 4.52. The predicted molar refractivity (Wildman–Crippen MR) is 158 cm³/mol. The SMILES string of the molecule is CO/N=C(\C(=O)NC1C(=O)N2C(C(=O)O)=C(C[n+]3cccc(-c4csc(SC(C)C)n4)c3)CSC12)c1csc(N)n1. The molecule has 2 aliphatic rings. The van der Waals surface area contributed by atoms with Crippen LogP contribution >= 0.6 is 46.2 Å². The number of oxime groups is 1. The molecule has 4 N–H and O–H groups in total. The van der Waals surface area contributed by atoms with Gasteiger partial charge in [-0.1, -0.05) is 30.8 Å². The number of carbonyl (C=O) groups is 3. The zero-order valence-electron chi connectivity index (χ0n) is 22.1. The molecule has 3 aromatic heterocycles. The van der Waals surface area contributed by atoms with Gasteiger partial charge >= 0.3 is 5.97 Å². The second-order valence-electron chi connectivity index (χ2n) is 9.24. The average molecular weight is 633 g/mol. The first-order valence-corrected chi connectivity index (χ1v) is 16.0. The Morgan fingerprint density at radius 3 is 2.83 bits per heavy atom. The molecule has 2 aliphatic heterocycles. The minimum Gasteiger partial charge on any atom is -0.477 e. The van der Waals surface area contributed by atoms with Crippen molar-refractivity contribution in [1.82, 2.24) is 20.2 Å². The largest absolute Gasteiger partial charge is 0.477 e. The van der Waals surface area contributed by atoms with Crippen molar-refractivity contribution < 1.29 is 28.9 Å². The van der Waals surface area contributed by atoms with E-state index in [1.807, 2.05) is 34.5 Å². The van der Waals surface area contributed by atoms with Gasteiger partial charge in [0.05, 0.1) is 11.3 Å². The number of rotatable bonds is 10. The highest BCUT2D eigenvalue weighted by molar-refractivity contribution is 8.01. The number of thiazole rings is 2. The van der Waals surface area contributed by atoms with Crippen LogP contribution in [0.25, 0.3) is 11.3 Å². The summed E-state index contributed by atoms with van der Waals surface area (Å²) >= 11 is 5.82. The number of anilines is 1. The third-order valence-corrected chi connectivity index (χ3v) is 10.0. The lowest BCUT2D eigenvalue weighted by Crippen LogP contribution is -2.71. The number of β-lactam (4-membered cyclic amide) rings is 1. The minimum absolute atomic E-state index is 0.0653. The number of nitrogens with zero attached hydrogens (tertiary/aromatic N) is 5. The van der Waals surface area contributed by atoms with E-state index < -0.39 is 29.2 Å². The molecule has 214 valence electrons. The van der Waals surface area contributed by atoms with Crippen LogP contribution < -0.4 is 15.6 Å². The number of nitrogen functional groups attached to an aromatic ring is 1. The molecule has 0 spiro atoms. The third kappa shape index (κ3) is 6.10. The fourth-order valence-electron chi connectivity index (χ4n) is 4.34. The van der Waals surface area contributed by atoms with Crippen molar-refractivity contribution in [2.75, 3.05) is 18.6 Å². The van der Waals surface area contributed by atoms with Crippen LogP contribution in [-0.4, -0.2) is 73.0 Å². The summed E-state index contributed by atoms with van der Waals surface area (Å²) in [4.78, 5) is 53.3. The number of carbonyl (C=O) groups excluding carboxylic acids is 2. The van der Waals surface area contributed by atoms with Gasteiger partial charge in [-0.15, -0.1) is 34.4 Å². The van der Waals surface area contributed by atoms with Crippen LogP contribution in [0.3, 0.4) is 0 Å². The number of amides is 2. The van der Waals surface area contributed by atoms with Crippen LogP contribution in [0.2, 0.25) is 0 Å². The van der Waals surface area contributed by atoms with Crippen molar-refractivity contribution in [2.45, 2.75) is 41.4 Å². The van der Waals surface area contributed by atoms with Gasteiger partial charge in [-0.25, -0.2) is 19.3 Å². The van der Waals surface area contributed by atoms with E-state index in [9.17, 15) is 19.5 Å². The number of nitrogens with two attached hydrogens (primary N) is 1. The van der Waals surface area contributed by atoms with Crippen molar-refractivity contribution in [3.8, 4) is 11.3 Å². The summed E-state index contributed by atoms with van der Waals surface area (Å²) in [7, 11) is 1.29. The quantitative estimate of drug-likeness (QED) is 0.0994. The molecule has 3 aromatic rings. The molecule has 2 atom stereocenters. The van der Waals surface area contributed by atoms with Crippen molar-refractivity contribution in [2.24, 2.45) is 5.16 Å². The predicted octanol–water partition coefficient (Wildman–Crippen LogP) is 2.43. The van der Waals surface area contributed by atoms with Crippen molar-refractivity contribution in [3.63, 3.8) is 0 Å². The average Bonchev–Trinajstić information content (AvgIpc) is 3.58. The molecule has 0 bridgehead atoms. The Morgan fingerprint density at radius 1 is 1.34 bits per heavy atom. The zero-order valence-corrected chi connectivity index (χ0v) is 25.4. The van der Waals surface area contributed by atoms with Gasteiger partial charge in [0.25, 0.3) is 11.8 Å². The summed E-state index contributed by atoms with van der Waals surface area (Å²) < 4.78 is 2.88. The standard InChI is InChI=1S/C25H25N7O5S4/c1-12(2)41-25-28-15(10-40-25)13-5-4-6-31(7-13)8-14-9-38-22-18(21(34)32(22)19(14)23(35)36)29-20(33)17(30-37-3)16-11-39-24(26)27-16/h4-7,10-12,18,22H,8-9H2,1-3H3,(H3-,26,27,29,33,35,36)/p+1/b30-17-. The number of thioether (sulfide) groups is 2. The first kappa shape index (κ1) is 29.0. The Hall–Kier alpha value is -3.47. The van der Waals surface area contributed by atoms with E-state index in [-0.39, 0.29) is 28.8 Å². The molecule has 0 aromatic carbocycles. The molecule has 5 rings (SSSR count). The monoisotopic (exact) mass is 632 g/mol. The van der Waals surface area contributed by atoms with E-state index in [4.69, 9.17) is 15.6 Å². The molecule has 41 heavy (non-hydrogen) atoms. The van der Waals surface area contributed by atoms with Crippen molar-refractivity contribution in [1.29, 1.82) is 0 Å². The van der Waals surface area contributed by atoms with Crippen molar-refractivity contribution in [3.05, 3.63) is 52.3 Å². The van der Waals surface area contributed by atoms with E-state index in [0.717, 1.165) is 26.9 Å². The van der Waals surface area contributed by atoms with Gasteiger partial charge in [0, 0.05) is 33.4 Å². The molecule has 1 saturated heterocycles. The topological polar surface area (TPSA) is 164 Å². The molecular weight excluding hydrogens is 607 g/mol. The molecule has 2 unspecified atom stereocenters. The van der Waals surface area contributed by atoms with Gasteiger partial charge in [0.15, 0.2) is 34.1 Å². The normalized spacial score (nSPS) is 18.8. The van der Waals surface area contributed by atoms with Crippen molar-refractivity contribution >= 4 is 74.8 Å². The van der Waals surface area contributed by atoms with Crippen LogP contribution in [0.5, 0.6) is 0 Å². The number of hydrogen-bond donors (Lipinski definition) is 3. The maximum absolute atomic E-state index is 13.2. The summed E-state index contributed by atoms with van der Waals surface area (Å²) in [6.07, 6.45) is 3.77. The molecule has 1 fully saturated rings. The van der Waals surface area contributed by atoms with Crippen LogP contribution in [0.15, 0.2) is 56.1 Å². The first-order valence-electron chi connectivity index (χ1n) is 12.3. The second-order valence-corrected chi connectivity index (χ2v) is 13.9. The fraction of sp³-hybridized carbons (Fsp3) is 0.320. The van der Waals surface area contributed by atoms with Crippen LogP contribution in [-0.2, 0) is 25.8 Å². The van der Waals surface area contributed by atoms with Crippen LogP contribution in [0.1, 0.15) is 19.5 Å². The fourth-order valence-corrected chi connectivity index (χ4v) is 8.28. The third-order valence-electron chi connectivity index (χ3n) is 6.05. The number of aliphatic carboxylic acids is 1. The number of carboxylic acids is 1. The first-order chi connectivity index (χ1) is 19.7. The number of nitrogens with one attached hydrogen (secondary N) is 1. The van der Waals surface area contributed by atoms with E-state index in [1.165, 1.54) is 23.8 Å². The highest BCUT2D eigenvalue weighted by Crippen LogP contribution is 2.40. The molecule has 16 heteroatoms. The Labute approximate surface area is 251 Å². The van der Waals surface area contributed by atoms with Gasteiger partial charge in [0.2, 0.25) is 0 Å². The van der Waals surface area contributed by atoms with E-state index in [2.05, 4.69) is 29.3 Å². The Kier molecular flexibility index (Phi) is 8.63. The van der Waals surface area contributed by atoms with Gasteiger partial charge in [-0.05, 0) is 6.07 Å². The maximum Gasteiger partial charge on any atom is 0.352 e. The van der Waals surface area contributed by atoms with Gasteiger partial charge in [-0.2, -0.15) is 0 Å². The molecule has 0 aliphatic carbocycles.